The number of aryl methyl sites for hydroxylation is 1. The standard InChI is InChI=1S/C12H18N2O3/c1-9-7-10(12(15)16)8-13-11(9)14(2)5-4-6-17-3/h7-8H,4-6H2,1-3H3,(H,15,16). The summed E-state index contributed by atoms with van der Waals surface area (Å²) in [6, 6.07) is 1.64. The highest BCUT2D eigenvalue weighted by Gasteiger charge is 2.10. The molecule has 1 aromatic heterocycles. The normalized spacial score (nSPS) is 10.3. The van der Waals surface area contributed by atoms with Crippen LogP contribution < -0.4 is 4.90 Å². The van der Waals surface area contributed by atoms with Gasteiger partial charge in [0.25, 0.3) is 0 Å². The second kappa shape index (κ2) is 6.20. The molecule has 17 heavy (non-hydrogen) atoms. The Morgan fingerprint density at radius 2 is 2.29 bits per heavy atom. The lowest BCUT2D eigenvalue weighted by molar-refractivity contribution is 0.0696. The van der Waals surface area contributed by atoms with Gasteiger partial charge in [0.1, 0.15) is 5.82 Å². The van der Waals surface area contributed by atoms with Crippen LogP contribution in [0.4, 0.5) is 5.82 Å². The molecule has 5 heteroatoms. The molecule has 1 heterocycles. The Kier molecular flexibility index (Phi) is 4.90. The third-order valence-corrected chi connectivity index (χ3v) is 2.50. The second-order valence-electron chi connectivity index (χ2n) is 3.94. The number of hydrogen-bond acceptors (Lipinski definition) is 4. The van der Waals surface area contributed by atoms with Crippen molar-refractivity contribution in [1.29, 1.82) is 0 Å². The Bertz CT molecular complexity index is 393. The van der Waals surface area contributed by atoms with E-state index in [1.165, 1.54) is 6.20 Å². The van der Waals surface area contributed by atoms with Crippen LogP contribution in [0, 0.1) is 6.92 Å². The summed E-state index contributed by atoms with van der Waals surface area (Å²) in [6.45, 7) is 3.40. The van der Waals surface area contributed by atoms with Crippen LogP contribution in [0.25, 0.3) is 0 Å². The summed E-state index contributed by atoms with van der Waals surface area (Å²) in [5.74, 6) is -0.139. The Hall–Kier alpha value is -1.62. The summed E-state index contributed by atoms with van der Waals surface area (Å²) in [5, 5.41) is 8.84. The Balaban J connectivity index is 2.74. The summed E-state index contributed by atoms with van der Waals surface area (Å²) < 4.78 is 4.98. The molecule has 0 aliphatic heterocycles. The molecule has 0 aliphatic rings. The van der Waals surface area contributed by atoms with E-state index in [0.717, 1.165) is 24.3 Å². The molecule has 94 valence electrons. The van der Waals surface area contributed by atoms with Gasteiger partial charge in [-0.2, -0.15) is 0 Å². The minimum Gasteiger partial charge on any atom is -0.478 e. The topological polar surface area (TPSA) is 62.7 Å². The largest absolute Gasteiger partial charge is 0.478 e. The number of aromatic carboxylic acids is 1. The van der Waals surface area contributed by atoms with E-state index in [9.17, 15) is 4.79 Å². The minimum atomic E-state index is -0.950. The average molecular weight is 238 g/mol. The SMILES string of the molecule is COCCCN(C)c1ncc(C(=O)O)cc1C. The molecule has 0 fully saturated rings. The van der Waals surface area contributed by atoms with Crippen molar-refractivity contribution in [2.24, 2.45) is 0 Å². The van der Waals surface area contributed by atoms with Gasteiger partial charge in [-0.1, -0.05) is 0 Å². The number of pyridine rings is 1. The molecule has 0 saturated carbocycles. The maximum absolute atomic E-state index is 10.8. The maximum atomic E-state index is 10.8. The van der Waals surface area contributed by atoms with Crippen molar-refractivity contribution < 1.29 is 14.6 Å². The maximum Gasteiger partial charge on any atom is 0.337 e. The van der Waals surface area contributed by atoms with E-state index < -0.39 is 5.97 Å². The first-order chi connectivity index (χ1) is 8.06. The zero-order valence-corrected chi connectivity index (χ0v) is 10.4. The lowest BCUT2D eigenvalue weighted by Crippen LogP contribution is -2.22. The zero-order valence-electron chi connectivity index (χ0n) is 10.4. The summed E-state index contributed by atoms with van der Waals surface area (Å²) >= 11 is 0. The highest BCUT2D eigenvalue weighted by Crippen LogP contribution is 2.16. The van der Waals surface area contributed by atoms with Crippen LogP contribution in [0.3, 0.4) is 0 Å². The van der Waals surface area contributed by atoms with Gasteiger partial charge in [-0.05, 0) is 25.0 Å². The lowest BCUT2D eigenvalue weighted by atomic mass is 10.2. The number of rotatable bonds is 6. The fourth-order valence-electron chi connectivity index (χ4n) is 1.64. The van der Waals surface area contributed by atoms with Crippen LogP contribution >= 0.6 is 0 Å². The molecule has 1 aromatic rings. The number of carboxylic acid groups (broad SMARTS) is 1. The average Bonchev–Trinajstić information content (AvgIpc) is 2.28. The molecule has 0 saturated heterocycles. The van der Waals surface area contributed by atoms with Gasteiger partial charge in [-0.15, -0.1) is 0 Å². The molecule has 0 aliphatic carbocycles. The number of methoxy groups -OCH3 is 1. The van der Waals surface area contributed by atoms with E-state index in [0.29, 0.717) is 6.61 Å². The second-order valence-corrected chi connectivity index (χ2v) is 3.94. The van der Waals surface area contributed by atoms with Crippen LogP contribution in [-0.4, -0.2) is 43.4 Å². The summed E-state index contributed by atoms with van der Waals surface area (Å²) in [4.78, 5) is 17.0. The van der Waals surface area contributed by atoms with Crippen molar-refractivity contribution in [3.8, 4) is 0 Å². The number of carbonyl (C=O) groups is 1. The van der Waals surface area contributed by atoms with Crippen molar-refractivity contribution in [3.05, 3.63) is 23.4 Å². The Labute approximate surface area is 101 Å². The Morgan fingerprint density at radius 3 is 2.82 bits per heavy atom. The van der Waals surface area contributed by atoms with Crippen molar-refractivity contribution >= 4 is 11.8 Å². The van der Waals surface area contributed by atoms with Gasteiger partial charge in [-0.25, -0.2) is 9.78 Å². The van der Waals surface area contributed by atoms with Gasteiger partial charge < -0.3 is 14.7 Å². The minimum absolute atomic E-state index is 0.219. The third-order valence-electron chi connectivity index (χ3n) is 2.50. The first kappa shape index (κ1) is 13.4. The number of hydrogen-bond donors (Lipinski definition) is 1. The summed E-state index contributed by atoms with van der Waals surface area (Å²) in [5.41, 5.74) is 1.08. The molecule has 0 amide bonds. The van der Waals surface area contributed by atoms with E-state index in [-0.39, 0.29) is 5.56 Å². The molecule has 0 spiro atoms. The molecule has 0 radical (unpaired) electrons. The van der Waals surface area contributed by atoms with Gasteiger partial charge in [0, 0.05) is 33.5 Å². The number of anilines is 1. The molecule has 0 bridgehead atoms. The van der Waals surface area contributed by atoms with Gasteiger partial charge in [0.15, 0.2) is 0 Å². The summed E-state index contributed by atoms with van der Waals surface area (Å²) in [7, 11) is 3.61. The number of ether oxygens (including phenoxy) is 1. The highest BCUT2D eigenvalue weighted by molar-refractivity contribution is 5.87. The van der Waals surface area contributed by atoms with E-state index >= 15 is 0 Å². The smallest absolute Gasteiger partial charge is 0.337 e. The number of aromatic nitrogens is 1. The lowest BCUT2D eigenvalue weighted by Gasteiger charge is -2.20. The van der Waals surface area contributed by atoms with Crippen LogP contribution in [0.5, 0.6) is 0 Å². The molecular formula is C12H18N2O3. The first-order valence-corrected chi connectivity index (χ1v) is 5.46. The molecular weight excluding hydrogens is 220 g/mol. The zero-order chi connectivity index (χ0) is 12.8. The van der Waals surface area contributed by atoms with E-state index in [4.69, 9.17) is 9.84 Å². The van der Waals surface area contributed by atoms with Gasteiger partial charge in [-0.3, -0.25) is 0 Å². The predicted molar refractivity (Wildman–Crippen MR) is 65.7 cm³/mol. The van der Waals surface area contributed by atoms with E-state index in [1.54, 1.807) is 13.2 Å². The highest BCUT2D eigenvalue weighted by atomic mass is 16.5. The molecule has 0 unspecified atom stereocenters. The molecule has 1 rings (SSSR count). The first-order valence-electron chi connectivity index (χ1n) is 5.46. The van der Waals surface area contributed by atoms with E-state index in [1.807, 2.05) is 18.9 Å². The quantitative estimate of drug-likeness (QED) is 0.762. The van der Waals surface area contributed by atoms with Crippen LogP contribution in [-0.2, 0) is 4.74 Å². The monoisotopic (exact) mass is 238 g/mol. The molecule has 0 atom stereocenters. The fourth-order valence-corrected chi connectivity index (χ4v) is 1.64. The number of carboxylic acids is 1. The predicted octanol–water partition coefficient (Wildman–Crippen LogP) is 1.56. The molecule has 1 N–H and O–H groups in total. The van der Waals surface area contributed by atoms with Gasteiger partial charge in [0.2, 0.25) is 0 Å². The van der Waals surface area contributed by atoms with Gasteiger partial charge >= 0.3 is 5.97 Å². The fraction of sp³-hybridized carbons (Fsp3) is 0.500. The third kappa shape index (κ3) is 3.71. The molecule has 0 aromatic carbocycles. The van der Waals surface area contributed by atoms with Crippen molar-refractivity contribution in [1.82, 2.24) is 4.98 Å². The summed E-state index contributed by atoms with van der Waals surface area (Å²) in [6.07, 6.45) is 2.30. The van der Waals surface area contributed by atoms with Crippen LogP contribution in [0.2, 0.25) is 0 Å². The van der Waals surface area contributed by atoms with Crippen molar-refractivity contribution in [3.63, 3.8) is 0 Å². The Morgan fingerprint density at radius 1 is 1.59 bits per heavy atom. The van der Waals surface area contributed by atoms with E-state index in [2.05, 4.69) is 4.98 Å². The van der Waals surface area contributed by atoms with Crippen LogP contribution in [0.15, 0.2) is 12.3 Å². The molecule has 5 nitrogen and oxygen atoms in total. The van der Waals surface area contributed by atoms with Crippen molar-refractivity contribution in [2.45, 2.75) is 13.3 Å². The van der Waals surface area contributed by atoms with Crippen molar-refractivity contribution in [2.75, 3.05) is 32.2 Å². The van der Waals surface area contributed by atoms with Gasteiger partial charge in [0.05, 0.1) is 5.56 Å². The van der Waals surface area contributed by atoms with Crippen LogP contribution in [0.1, 0.15) is 22.3 Å². The number of nitrogens with zero attached hydrogens (tertiary/aromatic N) is 2.